The Kier molecular flexibility index (Phi) is 3.89. The molecule has 130 valence electrons. The summed E-state index contributed by atoms with van der Waals surface area (Å²) in [5, 5.41) is 2.21. The van der Waals surface area contributed by atoms with Gasteiger partial charge in [-0.2, -0.15) is 0 Å². The normalized spacial score (nSPS) is 17.6. The summed E-state index contributed by atoms with van der Waals surface area (Å²) in [6.45, 7) is 0.214. The van der Waals surface area contributed by atoms with E-state index in [-0.39, 0.29) is 18.9 Å². The number of urea groups is 1. The molecule has 7 heteroatoms. The Morgan fingerprint density at radius 2 is 1.77 bits per heavy atom. The number of amides is 4. The van der Waals surface area contributed by atoms with Crippen molar-refractivity contribution in [3.05, 3.63) is 65.2 Å². The zero-order valence-corrected chi connectivity index (χ0v) is 13.6. The first kappa shape index (κ1) is 15.9. The first-order valence-electron chi connectivity index (χ1n) is 7.94. The highest BCUT2D eigenvalue weighted by Crippen LogP contribution is 2.33. The van der Waals surface area contributed by atoms with E-state index in [1.54, 1.807) is 30.3 Å². The molecule has 2 aromatic rings. The number of carbonyl (C=O) groups is 3. The third-order valence-electron chi connectivity index (χ3n) is 4.08. The van der Waals surface area contributed by atoms with Crippen LogP contribution < -0.4 is 14.8 Å². The molecule has 0 bridgehead atoms. The molecule has 0 aliphatic carbocycles. The van der Waals surface area contributed by atoms with Gasteiger partial charge >= 0.3 is 6.03 Å². The summed E-state index contributed by atoms with van der Waals surface area (Å²) < 4.78 is 10.5. The van der Waals surface area contributed by atoms with Gasteiger partial charge in [0.1, 0.15) is 5.57 Å². The molecular weight excluding hydrogens is 336 g/mol. The lowest BCUT2D eigenvalue weighted by molar-refractivity contribution is -0.130. The van der Waals surface area contributed by atoms with Crippen molar-refractivity contribution in [3.63, 3.8) is 0 Å². The van der Waals surface area contributed by atoms with Gasteiger partial charge in [-0.05, 0) is 29.3 Å². The van der Waals surface area contributed by atoms with Gasteiger partial charge < -0.3 is 9.47 Å². The van der Waals surface area contributed by atoms with Crippen molar-refractivity contribution < 1.29 is 23.9 Å². The molecule has 2 aliphatic rings. The molecule has 2 aromatic carbocycles. The fourth-order valence-corrected chi connectivity index (χ4v) is 2.77. The quantitative estimate of drug-likeness (QED) is 0.677. The van der Waals surface area contributed by atoms with Crippen LogP contribution in [0.25, 0.3) is 6.08 Å². The Balaban J connectivity index is 1.63. The van der Waals surface area contributed by atoms with Gasteiger partial charge in [0.2, 0.25) is 6.79 Å². The smallest absolute Gasteiger partial charge is 0.331 e. The van der Waals surface area contributed by atoms with Crippen LogP contribution in [0.1, 0.15) is 11.1 Å². The van der Waals surface area contributed by atoms with Gasteiger partial charge in [-0.15, -0.1) is 0 Å². The summed E-state index contributed by atoms with van der Waals surface area (Å²) in [5.74, 6) is -0.213. The summed E-state index contributed by atoms with van der Waals surface area (Å²) in [6, 6.07) is 13.4. The lowest BCUT2D eigenvalue weighted by Crippen LogP contribution is -2.53. The van der Waals surface area contributed by atoms with Crippen LogP contribution in [0.4, 0.5) is 4.79 Å². The van der Waals surface area contributed by atoms with Crippen molar-refractivity contribution in [2.24, 2.45) is 0 Å². The number of carbonyl (C=O) groups excluding carboxylic acids is 3. The topological polar surface area (TPSA) is 84.9 Å². The summed E-state index contributed by atoms with van der Waals surface area (Å²) in [5.41, 5.74) is 1.27. The number of fused-ring (bicyclic) bond motifs is 1. The highest BCUT2D eigenvalue weighted by molar-refractivity contribution is 6.30. The van der Waals surface area contributed by atoms with E-state index in [2.05, 4.69) is 5.32 Å². The molecule has 26 heavy (non-hydrogen) atoms. The summed E-state index contributed by atoms with van der Waals surface area (Å²) >= 11 is 0. The lowest BCUT2D eigenvalue weighted by Gasteiger charge is -2.26. The summed E-state index contributed by atoms with van der Waals surface area (Å²) in [4.78, 5) is 37.9. The molecule has 2 aliphatic heterocycles. The molecule has 4 amide bonds. The third-order valence-corrected chi connectivity index (χ3v) is 4.08. The van der Waals surface area contributed by atoms with Crippen molar-refractivity contribution in [3.8, 4) is 11.5 Å². The maximum absolute atomic E-state index is 12.7. The molecule has 1 fully saturated rings. The molecule has 2 heterocycles. The molecule has 0 unspecified atom stereocenters. The Morgan fingerprint density at radius 1 is 1.00 bits per heavy atom. The number of hydrogen-bond acceptors (Lipinski definition) is 5. The zero-order chi connectivity index (χ0) is 18.1. The van der Waals surface area contributed by atoms with Crippen molar-refractivity contribution in [1.29, 1.82) is 0 Å². The maximum atomic E-state index is 12.7. The zero-order valence-electron chi connectivity index (χ0n) is 13.6. The van der Waals surface area contributed by atoms with Crippen LogP contribution in [0.5, 0.6) is 11.5 Å². The van der Waals surface area contributed by atoms with Gasteiger partial charge in [0.15, 0.2) is 11.5 Å². The number of nitrogens with one attached hydrogen (secondary N) is 1. The van der Waals surface area contributed by atoms with E-state index in [1.165, 1.54) is 6.08 Å². The summed E-state index contributed by atoms with van der Waals surface area (Å²) in [7, 11) is 0. The van der Waals surface area contributed by atoms with E-state index >= 15 is 0 Å². The molecule has 0 saturated carbocycles. The van der Waals surface area contributed by atoms with Crippen LogP contribution >= 0.6 is 0 Å². The third kappa shape index (κ3) is 2.90. The Labute approximate surface area is 148 Å². The Morgan fingerprint density at radius 3 is 2.58 bits per heavy atom. The second kappa shape index (κ2) is 6.36. The van der Waals surface area contributed by atoms with Gasteiger partial charge in [-0.3, -0.25) is 19.8 Å². The van der Waals surface area contributed by atoms with Gasteiger partial charge in [0, 0.05) is 0 Å². The highest BCUT2D eigenvalue weighted by atomic mass is 16.7. The SMILES string of the molecule is O=C1NC(=O)N(Cc2ccccc2)C(=O)/C1=C\c1ccc2c(c1)OCO2. The van der Waals surface area contributed by atoms with Crippen molar-refractivity contribution in [1.82, 2.24) is 10.2 Å². The summed E-state index contributed by atoms with van der Waals surface area (Å²) in [6.07, 6.45) is 1.43. The molecular formula is C19H14N2O5. The molecule has 4 rings (SSSR count). The number of barbiturate groups is 1. The lowest BCUT2D eigenvalue weighted by atomic mass is 10.1. The molecule has 0 atom stereocenters. The van der Waals surface area contributed by atoms with E-state index in [9.17, 15) is 14.4 Å². The van der Waals surface area contributed by atoms with Crippen LogP contribution in [0.15, 0.2) is 54.1 Å². The van der Waals surface area contributed by atoms with E-state index in [0.29, 0.717) is 17.1 Å². The highest BCUT2D eigenvalue weighted by Gasteiger charge is 2.35. The van der Waals surface area contributed by atoms with E-state index in [0.717, 1.165) is 10.5 Å². The van der Waals surface area contributed by atoms with E-state index in [4.69, 9.17) is 9.47 Å². The van der Waals surface area contributed by atoms with Crippen LogP contribution in [0.3, 0.4) is 0 Å². The number of nitrogens with zero attached hydrogens (tertiary/aromatic N) is 1. The molecule has 0 spiro atoms. The van der Waals surface area contributed by atoms with Crippen LogP contribution in [0, 0.1) is 0 Å². The number of benzene rings is 2. The second-order valence-electron chi connectivity index (χ2n) is 5.81. The van der Waals surface area contributed by atoms with E-state index in [1.807, 2.05) is 18.2 Å². The predicted octanol–water partition coefficient (Wildman–Crippen LogP) is 2.08. The monoisotopic (exact) mass is 350 g/mol. The van der Waals surface area contributed by atoms with Gasteiger partial charge in [-0.1, -0.05) is 36.4 Å². The van der Waals surface area contributed by atoms with Gasteiger partial charge in [0.25, 0.3) is 11.8 Å². The Bertz CT molecular complexity index is 936. The fraction of sp³-hybridized carbons (Fsp3) is 0.105. The van der Waals surface area contributed by atoms with E-state index < -0.39 is 17.8 Å². The average molecular weight is 350 g/mol. The van der Waals surface area contributed by atoms with Gasteiger partial charge in [0.05, 0.1) is 6.54 Å². The minimum Gasteiger partial charge on any atom is -0.454 e. The maximum Gasteiger partial charge on any atom is 0.331 e. The molecule has 0 aromatic heterocycles. The second-order valence-corrected chi connectivity index (χ2v) is 5.81. The Hall–Kier alpha value is -3.61. The molecule has 7 nitrogen and oxygen atoms in total. The number of imide groups is 2. The fourth-order valence-electron chi connectivity index (χ4n) is 2.77. The largest absolute Gasteiger partial charge is 0.454 e. The van der Waals surface area contributed by atoms with Crippen molar-refractivity contribution in [2.75, 3.05) is 6.79 Å². The van der Waals surface area contributed by atoms with Crippen molar-refractivity contribution in [2.45, 2.75) is 6.54 Å². The molecule has 1 N–H and O–H groups in total. The minimum atomic E-state index is -0.730. The van der Waals surface area contributed by atoms with Crippen LogP contribution in [-0.4, -0.2) is 29.5 Å². The number of ether oxygens (including phenoxy) is 2. The first-order valence-corrected chi connectivity index (χ1v) is 7.94. The number of rotatable bonds is 3. The minimum absolute atomic E-state index is 0.0806. The first-order chi connectivity index (χ1) is 12.6. The molecule has 1 saturated heterocycles. The van der Waals surface area contributed by atoms with Crippen LogP contribution in [-0.2, 0) is 16.1 Å². The van der Waals surface area contributed by atoms with Crippen LogP contribution in [0.2, 0.25) is 0 Å². The average Bonchev–Trinajstić information content (AvgIpc) is 3.11. The standard InChI is InChI=1S/C19H14N2O5/c22-17-14(8-13-6-7-15-16(9-13)26-11-25-15)18(23)21(19(24)20-17)10-12-4-2-1-3-5-12/h1-9H,10-11H2,(H,20,22,24)/b14-8-. The predicted molar refractivity (Wildman–Crippen MR) is 91.1 cm³/mol. The van der Waals surface area contributed by atoms with Crippen molar-refractivity contribution >= 4 is 23.9 Å². The molecule has 0 radical (unpaired) electrons. The number of hydrogen-bond donors (Lipinski definition) is 1. The van der Waals surface area contributed by atoms with Gasteiger partial charge in [-0.25, -0.2) is 4.79 Å².